The summed E-state index contributed by atoms with van der Waals surface area (Å²) >= 11 is 1.42. The molecule has 0 unspecified atom stereocenters. The Morgan fingerprint density at radius 1 is 1.21 bits per heavy atom. The standard InChI is InChI=1S/C20H24N4O3S/c1-5-14(6-2)19-22-23-20(28-19)21-18(25)15-9-7-8-10-17(15)26-11-16-12(3)24-27-13(16)4/h7-10,14H,5-6,11H2,1-4H3,(H,21,23,25). The first kappa shape index (κ1) is 20.0. The average molecular weight is 401 g/mol. The van der Waals surface area contributed by atoms with Crippen LogP contribution in [-0.2, 0) is 6.61 Å². The Bertz CT molecular complexity index is 927. The fraction of sp³-hybridized carbons (Fsp3) is 0.400. The van der Waals surface area contributed by atoms with Crippen LogP contribution in [0.2, 0.25) is 0 Å². The summed E-state index contributed by atoms with van der Waals surface area (Å²) < 4.78 is 11.0. The molecule has 1 N–H and O–H groups in total. The molecule has 2 aromatic heterocycles. The predicted molar refractivity (Wildman–Crippen MR) is 108 cm³/mol. The Balaban J connectivity index is 1.72. The normalized spacial score (nSPS) is 11.0. The maximum atomic E-state index is 12.8. The molecule has 2 heterocycles. The summed E-state index contributed by atoms with van der Waals surface area (Å²) in [7, 11) is 0. The summed E-state index contributed by atoms with van der Waals surface area (Å²) in [5, 5.41) is 16.5. The first-order valence-electron chi connectivity index (χ1n) is 9.31. The highest BCUT2D eigenvalue weighted by molar-refractivity contribution is 7.15. The third-order valence-corrected chi connectivity index (χ3v) is 5.68. The van der Waals surface area contributed by atoms with Gasteiger partial charge in [-0.2, -0.15) is 0 Å². The van der Waals surface area contributed by atoms with Crippen molar-refractivity contribution in [2.75, 3.05) is 5.32 Å². The molecule has 0 aliphatic rings. The van der Waals surface area contributed by atoms with Crippen LogP contribution >= 0.6 is 11.3 Å². The number of carbonyl (C=O) groups excluding carboxylic acids is 1. The number of aryl methyl sites for hydroxylation is 2. The summed E-state index contributed by atoms with van der Waals surface area (Å²) in [4.78, 5) is 12.8. The van der Waals surface area contributed by atoms with Crippen LogP contribution in [0.5, 0.6) is 5.75 Å². The lowest BCUT2D eigenvalue weighted by atomic mass is 10.1. The van der Waals surface area contributed by atoms with Gasteiger partial charge in [0.15, 0.2) is 0 Å². The second-order valence-electron chi connectivity index (χ2n) is 6.50. The van der Waals surface area contributed by atoms with Gasteiger partial charge in [-0.3, -0.25) is 10.1 Å². The van der Waals surface area contributed by atoms with E-state index in [2.05, 4.69) is 34.5 Å². The van der Waals surface area contributed by atoms with Crippen molar-refractivity contribution in [1.82, 2.24) is 15.4 Å². The Hall–Kier alpha value is -2.74. The highest BCUT2D eigenvalue weighted by Gasteiger charge is 2.18. The van der Waals surface area contributed by atoms with Crippen molar-refractivity contribution in [3.63, 3.8) is 0 Å². The van der Waals surface area contributed by atoms with Crippen molar-refractivity contribution in [3.8, 4) is 5.75 Å². The molecule has 28 heavy (non-hydrogen) atoms. The van der Waals surface area contributed by atoms with Crippen LogP contribution in [0.3, 0.4) is 0 Å². The number of rotatable bonds is 8. The lowest BCUT2D eigenvalue weighted by Crippen LogP contribution is -2.13. The molecule has 0 saturated heterocycles. The van der Waals surface area contributed by atoms with Gasteiger partial charge in [-0.25, -0.2) is 0 Å². The smallest absolute Gasteiger partial charge is 0.261 e. The first-order chi connectivity index (χ1) is 13.5. The van der Waals surface area contributed by atoms with Gasteiger partial charge in [0.2, 0.25) is 5.13 Å². The molecule has 0 spiro atoms. The number of ether oxygens (including phenoxy) is 1. The molecule has 8 heteroatoms. The number of hydrogen-bond donors (Lipinski definition) is 1. The number of benzene rings is 1. The monoisotopic (exact) mass is 400 g/mol. The molecule has 3 rings (SSSR count). The van der Waals surface area contributed by atoms with Crippen LogP contribution in [0.1, 0.15) is 65.0 Å². The molecule has 0 aliphatic carbocycles. The maximum Gasteiger partial charge on any atom is 0.261 e. The van der Waals surface area contributed by atoms with Gasteiger partial charge in [-0.1, -0.05) is 42.5 Å². The molecule has 0 saturated carbocycles. The Labute approximate surface area is 168 Å². The van der Waals surface area contributed by atoms with Crippen LogP contribution in [0.25, 0.3) is 0 Å². The van der Waals surface area contributed by atoms with E-state index < -0.39 is 0 Å². The van der Waals surface area contributed by atoms with Crippen LogP contribution in [0, 0.1) is 13.8 Å². The quantitative estimate of drug-likeness (QED) is 0.580. The number of amides is 1. The van der Waals surface area contributed by atoms with E-state index in [1.165, 1.54) is 11.3 Å². The Morgan fingerprint density at radius 2 is 1.96 bits per heavy atom. The van der Waals surface area contributed by atoms with Crippen molar-refractivity contribution in [1.29, 1.82) is 0 Å². The van der Waals surface area contributed by atoms with Gasteiger partial charge in [0, 0.05) is 5.92 Å². The van der Waals surface area contributed by atoms with Crippen LogP contribution in [-0.4, -0.2) is 21.3 Å². The number of carbonyl (C=O) groups is 1. The molecular weight excluding hydrogens is 376 g/mol. The van der Waals surface area contributed by atoms with Crippen molar-refractivity contribution in [3.05, 3.63) is 51.9 Å². The molecule has 7 nitrogen and oxygen atoms in total. The summed E-state index contributed by atoms with van der Waals surface area (Å²) in [6.07, 6.45) is 1.99. The lowest BCUT2D eigenvalue weighted by molar-refractivity contribution is 0.102. The largest absolute Gasteiger partial charge is 0.488 e. The molecular formula is C20H24N4O3S. The minimum Gasteiger partial charge on any atom is -0.488 e. The van der Waals surface area contributed by atoms with Crippen LogP contribution in [0.15, 0.2) is 28.8 Å². The Morgan fingerprint density at radius 3 is 2.64 bits per heavy atom. The second-order valence-corrected chi connectivity index (χ2v) is 7.51. The summed E-state index contributed by atoms with van der Waals surface area (Å²) in [6.45, 7) is 8.23. The van der Waals surface area contributed by atoms with Gasteiger partial charge in [-0.15, -0.1) is 10.2 Å². The number of hydrogen-bond acceptors (Lipinski definition) is 7. The lowest BCUT2D eigenvalue weighted by Gasteiger charge is -2.10. The molecule has 0 aliphatic heterocycles. The van der Waals surface area contributed by atoms with Gasteiger partial charge in [0.1, 0.15) is 23.1 Å². The number of para-hydroxylation sites is 1. The van der Waals surface area contributed by atoms with Crippen molar-refractivity contribution >= 4 is 22.4 Å². The van der Waals surface area contributed by atoms with Gasteiger partial charge in [-0.05, 0) is 38.8 Å². The molecule has 3 aromatic rings. The highest BCUT2D eigenvalue weighted by atomic mass is 32.1. The molecule has 0 atom stereocenters. The van der Waals surface area contributed by atoms with E-state index in [1.807, 2.05) is 19.9 Å². The maximum absolute atomic E-state index is 12.8. The van der Waals surface area contributed by atoms with Crippen LogP contribution < -0.4 is 10.1 Å². The second kappa shape index (κ2) is 8.97. The zero-order chi connectivity index (χ0) is 20.1. The molecule has 1 amide bonds. The third-order valence-electron chi connectivity index (χ3n) is 4.68. The predicted octanol–water partition coefficient (Wildman–Crippen LogP) is 4.88. The van der Waals surface area contributed by atoms with E-state index in [9.17, 15) is 4.79 Å². The number of nitrogens with zero attached hydrogens (tertiary/aromatic N) is 3. The van der Waals surface area contributed by atoms with Gasteiger partial charge < -0.3 is 9.26 Å². The first-order valence-corrected chi connectivity index (χ1v) is 10.1. The van der Waals surface area contributed by atoms with E-state index >= 15 is 0 Å². The summed E-state index contributed by atoms with van der Waals surface area (Å²) in [5.41, 5.74) is 2.10. The average Bonchev–Trinajstić information content (AvgIpc) is 3.28. The van der Waals surface area contributed by atoms with Gasteiger partial charge in [0.25, 0.3) is 5.91 Å². The molecule has 0 bridgehead atoms. The van der Waals surface area contributed by atoms with Crippen LogP contribution in [0.4, 0.5) is 5.13 Å². The van der Waals surface area contributed by atoms with Crippen molar-refractivity contribution < 1.29 is 14.1 Å². The topological polar surface area (TPSA) is 90.1 Å². The Kier molecular flexibility index (Phi) is 6.41. The highest BCUT2D eigenvalue weighted by Crippen LogP contribution is 2.29. The fourth-order valence-electron chi connectivity index (χ4n) is 2.89. The van der Waals surface area contributed by atoms with E-state index in [-0.39, 0.29) is 12.5 Å². The molecule has 0 fully saturated rings. The zero-order valence-corrected chi connectivity index (χ0v) is 17.3. The third kappa shape index (κ3) is 4.39. The fourth-order valence-corrected chi connectivity index (χ4v) is 3.90. The van der Waals surface area contributed by atoms with E-state index in [0.717, 1.165) is 29.1 Å². The van der Waals surface area contributed by atoms with Crippen molar-refractivity contribution in [2.45, 2.75) is 53.1 Å². The summed E-state index contributed by atoms with van der Waals surface area (Å²) in [6, 6.07) is 7.12. The minimum absolute atomic E-state index is 0.276. The number of aromatic nitrogens is 3. The SMILES string of the molecule is CCC(CC)c1nnc(NC(=O)c2ccccc2OCc2c(C)noc2C)s1. The van der Waals surface area contributed by atoms with Crippen molar-refractivity contribution in [2.24, 2.45) is 0 Å². The number of anilines is 1. The number of nitrogens with one attached hydrogen (secondary N) is 1. The van der Waals surface area contributed by atoms with E-state index in [0.29, 0.717) is 28.1 Å². The van der Waals surface area contributed by atoms with Gasteiger partial charge in [0.05, 0.1) is 16.8 Å². The van der Waals surface area contributed by atoms with Gasteiger partial charge >= 0.3 is 0 Å². The van der Waals surface area contributed by atoms with E-state index in [1.54, 1.807) is 18.2 Å². The summed E-state index contributed by atoms with van der Waals surface area (Å²) in [5.74, 6) is 1.29. The molecule has 1 aromatic carbocycles. The minimum atomic E-state index is -0.276. The molecule has 0 radical (unpaired) electrons. The van der Waals surface area contributed by atoms with E-state index in [4.69, 9.17) is 9.26 Å². The molecule has 148 valence electrons. The zero-order valence-electron chi connectivity index (χ0n) is 16.5.